The first-order valence-corrected chi connectivity index (χ1v) is 0. The van der Waals surface area contributed by atoms with Crippen LogP contribution in [0.4, 0.5) is 0 Å². The average molecular weight is 482 g/mol. The SMILES string of the molecule is [B].[Mo].[Nb].[Ti].[V].[W]. The summed E-state index contributed by atoms with van der Waals surface area (Å²) in [6, 6.07) is 0. The van der Waals surface area contributed by atoms with Crippen LogP contribution in [0.1, 0.15) is 0 Å². The molecule has 6 heteroatoms. The van der Waals surface area contributed by atoms with Gasteiger partial charge < -0.3 is 0 Å². The van der Waals surface area contributed by atoms with Gasteiger partial charge in [0.05, 0.1) is 0 Å². The minimum atomic E-state index is 0. The zero-order chi connectivity index (χ0) is 0. The zero-order valence-corrected chi connectivity index (χ0v) is 12.9. The molecule has 0 spiro atoms. The average Bonchev–Trinajstić information content (AvgIpc) is 0. The molecule has 0 rings (SSSR count). The second kappa shape index (κ2) is 39.2. The van der Waals surface area contributed by atoms with Gasteiger partial charge in [-0.05, 0) is 0 Å². The summed E-state index contributed by atoms with van der Waals surface area (Å²) in [5.41, 5.74) is 0. The van der Waals surface area contributed by atoms with Gasteiger partial charge in [-0.25, -0.2) is 0 Å². The Morgan fingerprint density at radius 2 is 1.00 bits per heavy atom. The Hall–Kier alpha value is 3.48. The summed E-state index contributed by atoms with van der Waals surface area (Å²) in [6.07, 6.45) is 0. The Morgan fingerprint density at radius 3 is 1.00 bits per heavy atom. The van der Waals surface area contributed by atoms with Crippen molar-refractivity contribution < 1.29 is 105 Å². The number of rotatable bonds is 0. The van der Waals surface area contributed by atoms with E-state index in [1.807, 2.05) is 0 Å². The third-order valence-electron chi connectivity index (χ3n) is 0. The van der Waals surface area contributed by atoms with Crippen molar-refractivity contribution in [2.75, 3.05) is 0 Å². The van der Waals surface area contributed by atoms with Crippen molar-refractivity contribution in [3.63, 3.8) is 0 Å². The van der Waals surface area contributed by atoms with E-state index < -0.39 is 0 Å². The van der Waals surface area contributed by atoms with Crippen LogP contribution in [0.2, 0.25) is 0 Å². The smallest absolute Gasteiger partial charge is 0 e. The van der Waals surface area contributed by atoms with Crippen molar-refractivity contribution in [3.8, 4) is 0 Å². The van der Waals surface area contributed by atoms with Gasteiger partial charge in [0.1, 0.15) is 0 Å². The minimum Gasteiger partial charge on any atom is 0 e. The van der Waals surface area contributed by atoms with Crippen molar-refractivity contribution >= 4 is 8.41 Å². The van der Waals surface area contributed by atoms with Gasteiger partial charge in [0.2, 0.25) is 0 Å². The summed E-state index contributed by atoms with van der Waals surface area (Å²) in [4.78, 5) is 0. The third kappa shape index (κ3) is 25.9. The molecule has 0 aliphatic rings. The number of hydrogen-bond donors (Lipinski definition) is 0. The van der Waals surface area contributed by atoms with E-state index >= 15 is 0 Å². The molecular weight excluding hydrogens is 482 g/mol. The first-order valence-electron chi connectivity index (χ1n) is 0. The van der Waals surface area contributed by atoms with Crippen LogP contribution >= 0.6 is 0 Å². The minimum absolute atomic E-state index is 0. The molecule has 0 aromatic rings. The van der Waals surface area contributed by atoms with Gasteiger partial charge in [-0.15, -0.1) is 0 Å². The fraction of sp³-hybridized carbons (Fsp3) is 0. The predicted octanol–water partition coefficient (Wildman–Crippen LogP) is -0.393. The summed E-state index contributed by atoms with van der Waals surface area (Å²) in [5, 5.41) is 0. The molecule has 0 amide bonds. The number of hydrogen-bond acceptors (Lipinski definition) is 0. The Labute approximate surface area is 111 Å². The fourth-order valence-electron chi connectivity index (χ4n) is 0. The van der Waals surface area contributed by atoms with Crippen LogP contribution in [0.25, 0.3) is 0 Å². The van der Waals surface area contributed by atoms with E-state index in [9.17, 15) is 0 Å². The Kier molecular flexibility index (Phi) is 367. The second-order valence-corrected chi connectivity index (χ2v) is 0. The van der Waals surface area contributed by atoms with Crippen molar-refractivity contribution in [3.05, 3.63) is 0 Å². The van der Waals surface area contributed by atoms with Crippen molar-refractivity contribution in [2.45, 2.75) is 0 Å². The first-order chi connectivity index (χ1) is 0. The molecule has 0 saturated carbocycles. The molecule has 0 unspecified atom stereocenters. The Balaban J connectivity index is 0. The molecule has 5 radical (unpaired) electrons. The maximum atomic E-state index is 0. The van der Waals surface area contributed by atoms with E-state index in [1.165, 1.54) is 0 Å². The van der Waals surface area contributed by atoms with E-state index in [0.717, 1.165) is 0 Å². The molecule has 0 aliphatic heterocycles. The third-order valence-corrected chi connectivity index (χ3v) is 0. The molecule has 0 bridgehead atoms. The van der Waals surface area contributed by atoms with Gasteiger partial charge in [-0.3, -0.25) is 0 Å². The van der Waals surface area contributed by atoms with Gasteiger partial charge in [0.25, 0.3) is 0 Å². The standard InChI is InChI=1S/B.Mo.Nb.Ti.V.W. The van der Waals surface area contributed by atoms with E-state index in [2.05, 4.69) is 0 Å². The van der Waals surface area contributed by atoms with Crippen LogP contribution in [0.15, 0.2) is 0 Å². The maximum Gasteiger partial charge on any atom is 0 e. The molecule has 0 aromatic carbocycles. The van der Waals surface area contributed by atoms with Gasteiger partial charge in [0, 0.05) is 113 Å². The van der Waals surface area contributed by atoms with Gasteiger partial charge in [-0.1, -0.05) is 0 Å². The normalized spacial score (nSPS) is 0. The molecule has 0 fully saturated rings. The summed E-state index contributed by atoms with van der Waals surface area (Å²) in [5.74, 6) is 0. The second-order valence-electron chi connectivity index (χ2n) is 0. The molecule has 0 nitrogen and oxygen atoms in total. The monoisotopic (exact) mass is 485 g/mol. The largest absolute Gasteiger partial charge is 0 e. The zero-order valence-electron chi connectivity index (χ0n) is 2.79. The Morgan fingerprint density at radius 1 is 1.00 bits per heavy atom. The first kappa shape index (κ1) is 56.3. The van der Waals surface area contributed by atoms with E-state index in [4.69, 9.17) is 0 Å². The van der Waals surface area contributed by atoms with Crippen molar-refractivity contribution in [2.24, 2.45) is 0 Å². The van der Waals surface area contributed by atoms with Crippen LogP contribution in [0, 0.1) is 0 Å². The summed E-state index contributed by atoms with van der Waals surface area (Å²) in [6.45, 7) is 0. The molecule has 0 aliphatic carbocycles. The van der Waals surface area contributed by atoms with Crippen LogP contribution in [-0.4, -0.2) is 8.41 Å². The van der Waals surface area contributed by atoms with Crippen LogP contribution in [-0.2, 0) is 105 Å². The van der Waals surface area contributed by atoms with Crippen LogP contribution < -0.4 is 0 Å². The van der Waals surface area contributed by atoms with Crippen LogP contribution in [0.3, 0.4) is 0 Å². The summed E-state index contributed by atoms with van der Waals surface area (Å²) >= 11 is 0. The summed E-state index contributed by atoms with van der Waals surface area (Å²) in [7, 11) is 0. The van der Waals surface area contributed by atoms with E-state index in [-0.39, 0.29) is 113 Å². The maximum absolute atomic E-state index is 0. The van der Waals surface area contributed by atoms with E-state index in [1.54, 1.807) is 0 Å². The van der Waals surface area contributed by atoms with Gasteiger partial charge in [0.15, 0.2) is 0 Å². The van der Waals surface area contributed by atoms with E-state index in [0.29, 0.717) is 0 Å². The molecule has 0 saturated heterocycles. The fourth-order valence-corrected chi connectivity index (χ4v) is 0. The molecule has 0 heterocycles. The van der Waals surface area contributed by atoms with Gasteiger partial charge in [-0.2, -0.15) is 0 Å². The Bertz CT molecular complexity index is 15.5. The molecule has 0 N–H and O–H groups in total. The molecule has 0 atom stereocenters. The van der Waals surface area contributed by atoms with Crippen LogP contribution in [0.5, 0.6) is 0 Å². The van der Waals surface area contributed by atoms with Crippen molar-refractivity contribution in [1.29, 1.82) is 0 Å². The molecule has 6 heavy (non-hydrogen) atoms. The molecule has 29 valence electrons. The van der Waals surface area contributed by atoms with Gasteiger partial charge >= 0.3 is 0 Å². The topological polar surface area (TPSA) is 0 Å². The van der Waals surface area contributed by atoms with Crippen molar-refractivity contribution in [1.82, 2.24) is 0 Å². The predicted molar refractivity (Wildman–Crippen MR) is 5.75 cm³/mol. The molecular formula is BMoNbTiVW. The molecule has 0 aromatic heterocycles. The summed E-state index contributed by atoms with van der Waals surface area (Å²) < 4.78 is 0. The quantitative estimate of drug-likeness (QED) is 0.413.